The van der Waals surface area contributed by atoms with Crippen LogP contribution in [0.5, 0.6) is 0 Å². The van der Waals surface area contributed by atoms with E-state index in [-0.39, 0.29) is 5.56 Å². The normalized spacial score (nSPS) is 13.6. The zero-order valence-electron chi connectivity index (χ0n) is 13.9. The summed E-state index contributed by atoms with van der Waals surface area (Å²) in [4.78, 5) is 30.9. The van der Waals surface area contributed by atoms with Crippen molar-refractivity contribution in [2.24, 2.45) is 0 Å². The molecule has 0 fully saturated rings. The quantitative estimate of drug-likeness (QED) is 0.645. The Morgan fingerprint density at radius 1 is 1.33 bits per heavy atom. The Morgan fingerprint density at radius 3 is 2.75 bits per heavy atom. The van der Waals surface area contributed by atoms with Gasteiger partial charge in [0.1, 0.15) is 16.9 Å². The lowest BCUT2D eigenvalue weighted by atomic mass is 9.93. The minimum absolute atomic E-state index is 0.0206. The van der Waals surface area contributed by atoms with Crippen LogP contribution in [0.25, 0.3) is 11.0 Å². The molecule has 0 unspecified atom stereocenters. The first-order valence-corrected chi connectivity index (χ1v) is 8.06. The van der Waals surface area contributed by atoms with E-state index in [2.05, 4.69) is 22.2 Å². The number of halogens is 1. The van der Waals surface area contributed by atoms with Crippen molar-refractivity contribution in [3.63, 3.8) is 0 Å². The number of aromatic nitrogens is 2. The van der Waals surface area contributed by atoms with Gasteiger partial charge in [-0.3, -0.25) is 4.79 Å². The molecule has 6 nitrogen and oxygen atoms in total. The second kappa shape index (κ2) is 7.42. The number of amides is 1. The lowest BCUT2D eigenvalue weighted by molar-refractivity contribution is -0.144. The number of carboxylic acid groups (broad SMARTS) is 1. The maximum atomic E-state index is 13.7. The number of carbonyl (C=O) groups excluding carboxylic acids is 1. The lowest BCUT2D eigenvalue weighted by Crippen LogP contribution is -2.52. The number of rotatable bonds is 8. The standard InChI is InChI=1S/C17H22FN3O3/c1-3-4-5-6-7-17(2,16(23)24)21-15(22)12-8-11(18)9-13-14(12)20-10-19-13/h8-10H,3-7H2,1-2H3,(H,19,20)(H,21,22)(H,23,24)/t17-/m1/s1. The van der Waals surface area contributed by atoms with Gasteiger partial charge in [-0.1, -0.05) is 32.6 Å². The average Bonchev–Trinajstić information content (AvgIpc) is 2.98. The molecule has 24 heavy (non-hydrogen) atoms. The van der Waals surface area contributed by atoms with Gasteiger partial charge in [-0.15, -0.1) is 0 Å². The Hall–Kier alpha value is -2.44. The SMILES string of the molecule is CCCCCC[C@@](C)(NC(=O)c1cc(F)cc2[nH]cnc12)C(=O)O. The van der Waals surface area contributed by atoms with Crippen molar-refractivity contribution in [1.82, 2.24) is 15.3 Å². The summed E-state index contributed by atoms with van der Waals surface area (Å²) in [5.41, 5.74) is -0.681. The minimum Gasteiger partial charge on any atom is -0.480 e. The van der Waals surface area contributed by atoms with Crippen molar-refractivity contribution >= 4 is 22.9 Å². The van der Waals surface area contributed by atoms with Gasteiger partial charge in [0.2, 0.25) is 0 Å². The van der Waals surface area contributed by atoms with Gasteiger partial charge >= 0.3 is 5.97 Å². The molecule has 0 aliphatic rings. The molecular formula is C17H22FN3O3. The van der Waals surface area contributed by atoms with Crippen LogP contribution in [0.1, 0.15) is 56.3 Å². The third-order valence-electron chi connectivity index (χ3n) is 4.12. The number of H-pyrrole nitrogens is 1. The van der Waals surface area contributed by atoms with Crippen LogP contribution in [0, 0.1) is 5.82 Å². The van der Waals surface area contributed by atoms with Crippen LogP contribution < -0.4 is 5.32 Å². The van der Waals surface area contributed by atoms with E-state index < -0.39 is 23.2 Å². The molecule has 0 spiro atoms. The van der Waals surface area contributed by atoms with Gasteiger partial charge < -0.3 is 15.4 Å². The highest BCUT2D eigenvalue weighted by Crippen LogP contribution is 2.21. The number of hydrogen-bond acceptors (Lipinski definition) is 3. The highest BCUT2D eigenvalue weighted by Gasteiger charge is 2.35. The second-order valence-electron chi connectivity index (χ2n) is 6.15. The van der Waals surface area contributed by atoms with Crippen LogP contribution in [0.2, 0.25) is 0 Å². The first-order chi connectivity index (χ1) is 11.4. The highest BCUT2D eigenvalue weighted by molar-refractivity contribution is 6.06. The molecule has 130 valence electrons. The maximum Gasteiger partial charge on any atom is 0.329 e. The molecule has 0 aliphatic heterocycles. The Labute approximate surface area is 139 Å². The third-order valence-corrected chi connectivity index (χ3v) is 4.12. The van der Waals surface area contributed by atoms with Crippen LogP contribution in [0.3, 0.4) is 0 Å². The molecule has 1 atom stereocenters. The first kappa shape index (κ1) is 17.9. The number of carboxylic acids is 1. The van der Waals surface area contributed by atoms with Crippen LogP contribution >= 0.6 is 0 Å². The molecule has 0 radical (unpaired) electrons. The monoisotopic (exact) mass is 335 g/mol. The topological polar surface area (TPSA) is 95.1 Å². The van der Waals surface area contributed by atoms with E-state index >= 15 is 0 Å². The zero-order chi connectivity index (χ0) is 17.7. The molecule has 0 aliphatic carbocycles. The van der Waals surface area contributed by atoms with E-state index in [1.165, 1.54) is 19.3 Å². The van der Waals surface area contributed by atoms with Gasteiger partial charge in [0.15, 0.2) is 0 Å². The van der Waals surface area contributed by atoms with Gasteiger partial charge in [-0.25, -0.2) is 14.2 Å². The number of nitrogens with zero attached hydrogens (tertiary/aromatic N) is 1. The van der Waals surface area contributed by atoms with Crippen molar-refractivity contribution in [1.29, 1.82) is 0 Å². The zero-order valence-corrected chi connectivity index (χ0v) is 13.9. The van der Waals surface area contributed by atoms with Crippen molar-refractivity contribution in [3.05, 3.63) is 29.8 Å². The van der Waals surface area contributed by atoms with Crippen molar-refractivity contribution < 1.29 is 19.1 Å². The molecule has 2 aromatic rings. The smallest absolute Gasteiger partial charge is 0.329 e. The fraction of sp³-hybridized carbons (Fsp3) is 0.471. The van der Waals surface area contributed by atoms with Gasteiger partial charge in [-0.2, -0.15) is 0 Å². The second-order valence-corrected chi connectivity index (χ2v) is 6.15. The van der Waals surface area contributed by atoms with Gasteiger partial charge in [0.25, 0.3) is 5.91 Å². The predicted octanol–water partition coefficient (Wildman–Crippen LogP) is 3.25. The molecule has 0 saturated carbocycles. The van der Waals surface area contributed by atoms with E-state index in [0.717, 1.165) is 25.3 Å². The number of benzene rings is 1. The Kier molecular flexibility index (Phi) is 5.54. The van der Waals surface area contributed by atoms with E-state index in [9.17, 15) is 19.1 Å². The van der Waals surface area contributed by atoms with Gasteiger partial charge in [0, 0.05) is 0 Å². The molecule has 7 heteroatoms. The van der Waals surface area contributed by atoms with Crippen molar-refractivity contribution in [2.45, 2.75) is 51.5 Å². The first-order valence-electron chi connectivity index (χ1n) is 8.06. The minimum atomic E-state index is -1.40. The average molecular weight is 335 g/mol. The molecule has 3 N–H and O–H groups in total. The summed E-state index contributed by atoms with van der Waals surface area (Å²) >= 11 is 0. The highest BCUT2D eigenvalue weighted by atomic mass is 19.1. The number of carbonyl (C=O) groups is 2. The van der Waals surface area contributed by atoms with Gasteiger partial charge in [0.05, 0.1) is 17.4 Å². The van der Waals surface area contributed by atoms with Crippen LogP contribution in [-0.4, -0.2) is 32.5 Å². The molecule has 0 bridgehead atoms. The number of unbranched alkanes of at least 4 members (excludes halogenated alkanes) is 3. The summed E-state index contributed by atoms with van der Waals surface area (Å²) in [6, 6.07) is 2.30. The Bertz CT molecular complexity index is 744. The maximum absolute atomic E-state index is 13.7. The molecule has 0 saturated heterocycles. The lowest BCUT2D eigenvalue weighted by Gasteiger charge is -2.26. The van der Waals surface area contributed by atoms with Crippen LogP contribution in [-0.2, 0) is 4.79 Å². The number of fused-ring (bicyclic) bond motifs is 1. The van der Waals surface area contributed by atoms with Crippen molar-refractivity contribution in [3.8, 4) is 0 Å². The summed E-state index contributed by atoms with van der Waals surface area (Å²) < 4.78 is 13.7. The number of hydrogen-bond donors (Lipinski definition) is 3. The molecule has 1 aromatic heterocycles. The fourth-order valence-electron chi connectivity index (χ4n) is 2.63. The summed E-state index contributed by atoms with van der Waals surface area (Å²) in [6.45, 7) is 3.54. The number of aliphatic carboxylic acids is 1. The van der Waals surface area contributed by atoms with E-state index in [4.69, 9.17) is 0 Å². The number of nitrogens with one attached hydrogen (secondary N) is 2. The number of aromatic amines is 1. The largest absolute Gasteiger partial charge is 0.480 e. The van der Waals surface area contributed by atoms with Gasteiger partial charge in [-0.05, 0) is 25.5 Å². The van der Waals surface area contributed by atoms with E-state index in [0.29, 0.717) is 23.9 Å². The Balaban J connectivity index is 2.20. The van der Waals surface area contributed by atoms with E-state index in [1.807, 2.05) is 0 Å². The molecule has 1 amide bonds. The van der Waals surface area contributed by atoms with E-state index in [1.54, 1.807) is 0 Å². The fourth-order valence-corrected chi connectivity index (χ4v) is 2.63. The summed E-state index contributed by atoms with van der Waals surface area (Å²) in [7, 11) is 0. The van der Waals surface area contributed by atoms with Crippen LogP contribution in [0.15, 0.2) is 18.5 Å². The summed E-state index contributed by atoms with van der Waals surface area (Å²) in [6.07, 6.45) is 5.32. The molecular weight excluding hydrogens is 313 g/mol. The van der Waals surface area contributed by atoms with Crippen LogP contribution in [0.4, 0.5) is 4.39 Å². The molecule has 1 aromatic carbocycles. The predicted molar refractivity (Wildman–Crippen MR) is 88.3 cm³/mol. The third kappa shape index (κ3) is 3.90. The Morgan fingerprint density at radius 2 is 2.08 bits per heavy atom. The summed E-state index contributed by atoms with van der Waals surface area (Å²) in [5.74, 6) is -2.34. The van der Waals surface area contributed by atoms with Crippen molar-refractivity contribution in [2.75, 3.05) is 0 Å². The molecule has 2 rings (SSSR count). The summed E-state index contributed by atoms with van der Waals surface area (Å²) in [5, 5.41) is 12.0. The number of imidazole rings is 1. The molecule has 1 heterocycles.